The molecule has 37 heavy (non-hydrogen) atoms. The van der Waals surface area contributed by atoms with Crippen LogP contribution in [0.5, 0.6) is 0 Å². The number of aromatic nitrogens is 4. The van der Waals surface area contributed by atoms with E-state index in [0.717, 1.165) is 18.4 Å². The van der Waals surface area contributed by atoms with Gasteiger partial charge in [0.25, 0.3) is 5.91 Å². The van der Waals surface area contributed by atoms with Crippen LogP contribution in [0, 0.1) is 5.92 Å². The first kappa shape index (κ1) is 24.8. The summed E-state index contributed by atoms with van der Waals surface area (Å²) in [6.07, 6.45) is 3.21. The zero-order chi connectivity index (χ0) is 25.8. The second-order valence-corrected chi connectivity index (χ2v) is 8.99. The van der Waals surface area contributed by atoms with Gasteiger partial charge in [-0.3, -0.25) is 15.0 Å². The Hall–Kier alpha value is -3.90. The molecule has 0 spiro atoms. The number of hydrazine groups is 1. The van der Waals surface area contributed by atoms with Gasteiger partial charge < -0.3 is 20.1 Å². The third kappa shape index (κ3) is 5.59. The zero-order valence-corrected chi connectivity index (χ0v) is 20.7. The largest absolute Gasteiger partial charge is 0.466 e. The Bertz CT molecular complexity index is 1280. The second-order valence-electron chi connectivity index (χ2n) is 8.99. The minimum absolute atomic E-state index is 0.147. The predicted octanol–water partition coefficient (Wildman–Crippen LogP) is 1.43. The minimum Gasteiger partial charge on any atom is -0.466 e. The number of nitrogen functional groups attached to an aromatic ring is 1. The van der Waals surface area contributed by atoms with Crippen LogP contribution in [0.4, 0.5) is 11.8 Å². The van der Waals surface area contributed by atoms with Crippen LogP contribution in [0.2, 0.25) is 0 Å². The molecule has 0 aliphatic carbocycles. The molecule has 1 aromatic carbocycles. The summed E-state index contributed by atoms with van der Waals surface area (Å²) in [5.41, 5.74) is 11.8. The van der Waals surface area contributed by atoms with Gasteiger partial charge in [-0.2, -0.15) is 9.97 Å². The van der Waals surface area contributed by atoms with Gasteiger partial charge in [0.15, 0.2) is 17.0 Å². The smallest absolute Gasteiger partial charge is 0.310 e. The quantitative estimate of drug-likeness (QED) is 0.468. The van der Waals surface area contributed by atoms with E-state index in [9.17, 15) is 9.59 Å². The molecule has 2 saturated heterocycles. The normalized spacial score (nSPS) is 18.5. The maximum absolute atomic E-state index is 12.8. The number of morpholine rings is 1. The lowest BCUT2D eigenvalue weighted by atomic mass is 9.99. The molecule has 1 atom stereocenters. The summed E-state index contributed by atoms with van der Waals surface area (Å²) < 4.78 is 10.6. The van der Waals surface area contributed by atoms with Crippen LogP contribution < -0.4 is 16.1 Å². The number of esters is 1. The topological polar surface area (TPSA) is 149 Å². The van der Waals surface area contributed by atoms with E-state index in [4.69, 9.17) is 20.2 Å². The summed E-state index contributed by atoms with van der Waals surface area (Å²) in [6, 6.07) is 7.14. The number of carbonyl (C=O) groups excluding carboxylic acids is 2. The lowest BCUT2D eigenvalue weighted by Crippen LogP contribution is -2.49. The molecule has 0 radical (unpaired) electrons. The minimum atomic E-state index is -0.237. The highest BCUT2D eigenvalue weighted by Gasteiger charge is 2.28. The van der Waals surface area contributed by atoms with E-state index >= 15 is 0 Å². The second kappa shape index (κ2) is 11.0. The third-order valence-corrected chi connectivity index (χ3v) is 6.46. The summed E-state index contributed by atoms with van der Waals surface area (Å²) in [5, 5.41) is 1.79. The Labute approximate surface area is 214 Å². The number of carbonyl (C=O) groups is 2. The molecule has 1 unspecified atom stereocenters. The fourth-order valence-corrected chi connectivity index (χ4v) is 4.58. The standard InChI is InChI=1S/C25H30N8O4/c1-2-37-24(35)18-4-3-9-33(15-18)31-23(34)17-7-5-16(6-8-17)19-14-27-21-20(28-19)22(30-25(26)29-21)32-10-12-36-13-11-32/h5-8,14,18H,2-4,9-13,15H2,1H3,(H,31,34)(H2,26,27,29,30). The van der Waals surface area contributed by atoms with Gasteiger partial charge in [-0.05, 0) is 31.9 Å². The van der Waals surface area contributed by atoms with Gasteiger partial charge in [-0.15, -0.1) is 0 Å². The van der Waals surface area contributed by atoms with E-state index in [1.807, 2.05) is 12.1 Å². The van der Waals surface area contributed by atoms with Gasteiger partial charge in [0, 0.05) is 37.3 Å². The molecule has 2 aromatic heterocycles. The Kier molecular flexibility index (Phi) is 7.37. The SMILES string of the molecule is CCOC(=O)C1CCCN(NC(=O)c2ccc(-c3cnc4nc(N)nc(N5CCOCC5)c4n3)cc2)C1. The summed E-state index contributed by atoms with van der Waals surface area (Å²) >= 11 is 0. The number of anilines is 2. The lowest BCUT2D eigenvalue weighted by Gasteiger charge is -2.31. The maximum Gasteiger partial charge on any atom is 0.310 e. The molecule has 4 heterocycles. The van der Waals surface area contributed by atoms with E-state index in [0.29, 0.717) is 74.2 Å². The zero-order valence-electron chi connectivity index (χ0n) is 20.7. The van der Waals surface area contributed by atoms with Crippen molar-refractivity contribution in [2.24, 2.45) is 5.92 Å². The molecule has 12 heteroatoms. The molecule has 2 aliphatic rings. The van der Waals surface area contributed by atoms with Crippen LogP contribution in [0.25, 0.3) is 22.4 Å². The fourth-order valence-electron chi connectivity index (χ4n) is 4.58. The molecule has 0 bridgehead atoms. The molecule has 5 rings (SSSR count). The van der Waals surface area contributed by atoms with Gasteiger partial charge in [-0.25, -0.2) is 15.0 Å². The van der Waals surface area contributed by atoms with E-state index in [-0.39, 0.29) is 23.7 Å². The van der Waals surface area contributed by atoms with Crippen molar-refractivity contribution < 1.29 is 19.1 Å². The molecular formula is C25H30N8O4. The summed E-state index contributed by atoms with van der Waals surface area (Å²) in [6.45, 7) is 5.83. The molecule has 3 N–H and O–H groups in total. The van der Waals surface area contributed by atoms with E-state index in [2.05, 4.69) is 25.3 Å². The molecule has 2 fully saturated rings. The molecule has 3 aromatic rings. The van der Waals surface area contributed by atoms with Gasteiger partial charge in [0.1, 0.15) is 0 Å². The lowest BCUT2D eigenvalue weighted by molar-refractivity contribution is -0.150. The Morgan fingerprint density at radius 1 is 1.14 bits per heavy atom. The Balaban J connectivity index is 1.31. The van der Waals surface area contributed by atoms with E-state index in [1.165, 1.54) is 0 Å². The fraction of sp³-hybridized carbons (Fsp3) is 0.440. The van der Waals surface area contributed by atoms with Crippen molar-refractivity contribution in [1.29, 1.82) is 0 Å². The van der Waals surface area contributed by atoms with Crippen LogP contribution >= 0.6 is 0 Å². The van der Waals surface area contributed by atoms with Crippen molar-refractivity contribution in [3.63, 3.8) is 0 Å². The van der Waals surface area contributed by atoms with Crippen molar-refractivity contribution in [2.75, 3.05) is 56.6 Å². The van der Waals surface area contributed by atoms with Crippen molar-refractivity contribution in [1.82, 2.24) is 30.4 Å². The average Bonchev–Trinajstić information content (AvgIpc) is 2.93. The van der Waals surface area contributed by atoms with Crippen molar-refractivity contribution in [3.05, 3.63) is 36.0 Å². The number of benzene rings is 1. The molecule has 2 aliphatic heterocycles. The van der Waals surface area contributed by atoms with Crippen LogP contribution in [0.3, 0.4) is 0 Å². The molecule has 0 saturated carbocycles. The molecule has 1 amide bonds. The number of nitrogens with zero attached hydrogens (tertiary/aromatic N) is 6. The van der Waals surface area contributed by atoms with E-state index in [1.54, 1.807) is 30.3 Å². The maximum atomic E-state index is 12.8. The van der Waals surface area contributed by atoms with Gasteiger partial charge >= 0.3 is 5.97 Å². The highest BCUT2D eigenvalue weighted by Crippen LogP contribution is 2.26. The number of piperidine rings is 1. The first-order valence-corrected chi connectivity index (χ1v) is 12.5. The molecular weight excluding hydrogens is 476 g/mol. The highest BCUT2D eigenvalue weighted by molar-refractivity contribution is 5.94. The van der Waals surface area contributed by atoms with Crippen LogP contribution in [0.15, 0.2) is 30.5 Å². The highest BCUT2D eigenvalue weighted by atomic mass is 16.5. The third-order valence-electron chi connectivity index (χ3n) is 6.46. The number of hydrogen-bond donors (Lipinski definition) is 2. The first-order chi connectivity index (χ1) is 18.0. The van der Waals surface area contributed by atoms with Gasteiger partial charge in [0.2, 0.25) is 5.95 Å². The number of nitrogens with two attached hydrogens (primary N) is 1. The summed E-state index contributed by atoms with van der Waals surface area (Å²) in [4.78, 5) is 44.9. The van der Waals surface area contributed by atoms with E-state index < -0.39 is 0 Å². The molecule has 12 nitrogen and oxygen atoms in total. The van der Waals surface area contributed by atoms with Crippen molar-refractivity contribution in [2.45, 2.75) is 19.8 Å². The van der Waals surface area contributed by atoms with Gasteiger partial charge in [-0.1, -0.05) is 12.1 Å². The number of hydrogen-bond acceptors (Lipinski definition) is 11. The number of nitrogens with one attached hydrogen (secondary N) is 1. The average molecular weight is 507 g/mol. The number of amides is 1. The number of rotatable bonds is 6. The summed E-state index contributed by atoms with van der Waals surface area (Å²) in [7, 11) is 0. The van der Waals surface area contributed by atoms with Crippen LogP contribution in [-0.4, -0.2) is 82.8 Å². The monoisotopic (exact) mass is 506 g/mol. The first-order valence-electron chi connectivity index (χ1n) is 12.5. The Morgan fingerprint density at radius 2 is 1.92 bits per heavy atom. The van der Waals surface area contributed by atoms with Gasteiger partial charge in [0.05, 0.1) is 37.6 Å². The predicted molar refractivity (Wildman–Crippen MR) is 136 cm³/mol. The van der Waals surface area contributed by atoms with Crippen LogP contribution in [-0.2, 0) is 14.3 Å². The number of fused-ring (bicyclic) bond motifs is 1. The Morgan fingerprint density at radius 3 is 2.68 bits per heavy atom. The summed E-state index contributed by atoms with van der Waals surface area (Å²) in [5.74, 6) is 0.100. The van der Waals surface area contributed by atoms with Crippen molar-refractivity contribution >= 4 is 34.8 Å². The molecule has 194 valence electrons. The number of ether oxygens (including phenoxy) is 2. The van der Waals surface area contributed by atoms with Crippen molar-refractivity contribution in [3.8, 4) is 11.3 Å². The van der Waals surface area contributed by atoms with Crippen LogP contribution in [0.1, 0.15) is 30.1 Å².